The lowest BCUT2D eigenvalue weighted by Crippen LogP contribution is -2.28. The maximum absolute atomic E-state index is 12.4. The first-order valence-electron chi connectivity index (χ1n) is 10.9. The Morgan fingerprint density at radius 2 is 1.52 bits per heavy atom. The average Bonchev–Trinajstić information content (AvgIpc) is 2.69. The zero-order valence-corrected chi connectivity index (χ0v) is 16.6. The maximum Gasteiger partial charge on any atom is 0.270 e. The Balaban J connectivity index is 1.42. The number of rotatable bonds is 7. The number of benzene rings is 1. The summed E-state index contributed by atoms with van der Waals surface area (Å²) in [6.45, 7) is 3.15. The van der Waals surface area contributed by atoms with Gasteiger partial charge in [0.25, 0.3) is 6.08 Å². The van der Waals surface area contributed by atoms with E-state index in [1.165, 1.54) is 69.8 Å². The fourth-order valence-corrected chi connectivity index (χ4v) is 5.04. The Morgan fingerprint density at radius 1 is 0.926 bits per heavy atom. The highest BCUT2D eigenvalue weighted by atomic mass is 19.3. The summed E-state index contributed by atoms with van der Waals surface area (Å²) in [7, 11) is 0. The monoisotopic (exact) mass is 376 g/mol. The van der Waals surface area contributed by atoms with Crippen LogP contribution in [-0.2, 0) is 4.74 Å². The molecule has 2 aliphatic carbocycles. The third-order valence-electron chi connectivity index (χ3n) is 6.69. The van der Waals surface area contributed by atoms with Gasteiger partial charge in [-0.25, -0.2) is 0 Å². The molecule has 2 aliphatic rings. The van der Waals surface area contributed by atoms with E-state index in [-0.39, 0.29) is 0 Å². The highest BCUT2D eigenvalue weighted by molar-refractivity contribution is 5.50. The summed E-state index contributed by atoms with van der Waals surface area (Å²) in [5.74, 6) is 2.36. The molecule has 0 radical (unpaired) electrons. The Labute approximate surface area is 163 Å². The molecule has 27 heavy (non-hydrogen) atoms. The lowest BCUT2D eigenvalue weighted by atomic mass is 9.69. The topological polar surface area (TPSA) is 9.23 Å². The second kappa shape index (κ2) is 10.4. The Kier molecular flexibility index (Phi) is 7.87. The molecule has 1 aromatic rings. The minimum absolute atomic E-state index is 0.505. The van der Waals surface area contributed by atoms with E-state index in [4.69, 9.17) is 4.74 Å². The third-order valence-corrected chi connectivity index (χ3v) is 6.69. The summed E-state index contributed by atoms with van der Waals surface area (Å²) in [6, 6.07) is 7.72. The summed E-state index contributed by atoms with van der Waals surface area (Å²) >= 11 is 0. The van der Waals surface area contributed by atoms with Crippen molar-refractivity contribution in [3.63, 3.8) is 0 Å². The van der Waals surface area contributed by atoms with Crippen molar-refractivity contribution in [1.29, 1.82) is 0 Å². The fraction of sp³-hybridized carbons (Fsp3) is 0.667. The highest BCUT2D eigenvalue weighted by Gasteiger charge is 2.31. The van der Waals surface area contributed by atoms with Crippen molar-refractivity contribution in [1.82, 2.24) is 0 Å². The van der Waals surface area contributed by atoms with Gasteiger partial charge in [0.2, 0.25) is 0 Å². The van der Waals surface area contributed by atoms with E-state index in [1.807, 2.05) is 24.3 Å². The summed E-state index contributed by atoms with van der Waals surface area (Å²) in [5, 5.41) is 0. The van der Waals surface area contributed by atoms with Crippen LogP contribution >= 0.6 is 0 Å². The molecule has 2 saturated carbocycles. The molecule has 0 bridgehead atoms. The fourth-order valence-electron chi connectivity index (χ4n) is 5.04. The summed E-state index contributed by atoms with van der Waals surface area (Å²) < 4.78 is 30.7. The predicted octanol–water partition coefficient (Wildman–Crippen LogP) is 7.57. The van der Waals surface area contributed by atoms with Gasteiger partial charge in [-0.15, -0.1) is 0 Å². The van der Waals surface area contributed by atoms with E-state index in [9.17, 15) is 8.78 Å². The minimum Gasteiger partial charge on any atom is -0.378 e. The van der Waals surface area contributed by atoms with Crippen LogP contribution in [0.3, 0.4) is 0 Å². The van der Waals surface area contributed by atoms with Gasteiger partial charge in [-0.2, -0.15) is 8.78 Å². The van der Waals surface area contributed by atoms with Crippen LogP contribution in [0.4, 0.5) is 8.78 Å². The number of ether oxygens (including phenoxy) is 1. The molecule has 0 heterocycles. The third kappa shape index (κ3) is 6.14. The van der Waals surface area contributed by atoms with E-state index in [2.05, 4.69) is 6.92 Å². The van der Waals surface area contributed by atoms with Crippen LogP contribution in [0.2, 0.25) is 0 Å². The molecule has 0 N–H and O–H groups in total. The molecule has 150 valence electrons. The van der Waals surface area contributed by atoms with Gasteiger partial charge in [0.15, 0.2) is 0 Å². The SMILES string of the molecule is CCCCOC1CCC(C2CCC(c3ccc(C=C(F)F)cc3)CC2)CC1. The molecule has 2 fully saturated rings. The molecule has 3 heteroatoms. The number of hydrogen-bond acceptors (Lipinski definition) is 1. The summed E-state index contributed by atoms with van der Waals surface area (Å²) in [4.78, 5) is 0. The second-order valence-corrected chi connectivity index (χ2v) is 8.47. The lowest BCUT2D eigenvalue weighted by molar-refractivity contribution is 0.00675. The zero-order chi connectivity index (χ0) is 19.1. The molecular weight excluding hydrogens is 342 g/mol. The standard InChI is InChI=1S/C24H34F2O/c1-2-3-16-27-23-14-12-22(13-15-23)21-10-8-20(9-11-21)19-6-4-18(5-7-19)17-24(25)26/h4-7,17,20-23H,2-3,8-16H2,1H3. The Bertz CT molecular complexity index is 575. The van der Waals surface area contributed by atoms with Crippen molar-refractivity contribution in [2.75, 3.05) is 6.61 Å². The van der Waals surface area contributed by atoms with Crippen LogP contribution in [0.25, 0.3) is 6.08 Å². The quantitative estimate of drug-likeness (QED) is 0.446. The van der Waals surface area contributed by atoms with Crippen LogP contribution < -0.4 is 0 Å². The highest BCUT2D eigenvalue weighted by Crippen LogP contribution is 2.43. The van der Waals surface area contributed by atoms with E-state index < -0.39 is 6.08 Å². The van der Waals surface area contributed by atoms with Crippen molar-refractivity contribution in [2.24, 2.45) is 11.8 Å². The molecule has 0 saturated heterocycles. The van der Waals surface area contributed by atoms with Crippen molar-refractivity contribution in [2.45, 2.75) is 83.2 Å². The maximum atomic E-state index is 12.4. The summed E-state index contributed by atoms with van der Waals surface area (Å²) in [5.41, 5.74) is 1.91. The number of hydrogen-bond donors (Lipinski definition) is 0. The first kappa shape index (κ1) is 20.5. The first-order chi connectivity index (χ1) is 13.2. The van der Waals surface area contributed by atoms with Crippen LogP contribution in [0, 0.1) is 11.8 Å². The van der Waals surface area contributed by atoms with Gasteiger partial charge in [-0.3, -0.25) is 0 Å². The van der Waals surface area contributed by atoms with E-state index >= 15 is 0 Å². The van der Waals surface area contributed by atoms with Gasteiger partial charge in [0, 0.05) is 12.7 Å². The largest absolute Gasteiger partial charge is 0.378 e. The molecular formula is C24H34F2O. The Hall–Kier alpha value is -1.22. The molecule has 0 amide bonds. The van der Waals surface area contributed by atoms with Gasteiger partial charge in [0.1, 0.15) is 0 Å². The first-order valence-corrected chi connectivity index (χ1v) is 10.9. The van der Waals surface area contributed by atoms with Crippen molar-refractivity contribution < 1.29 is 13.5 Å². The van der Waals surface area contributed by atoms with Gasteiger partial charge in [-0.05, 0) is 86.7 Å². The number of unbranched alkanes of at least 4 members (excludes halogenated alkanes) is 1. The van der Waals surface area contributed by atoms with Gasteiger partial charge in [0.05, 0.1) is 6.10 Å². The molecule has 0 unspecified atom stereocenters. The van der Waals surface area contributed by atoms with Gasteiger partial charge >= 0.3 is 0 Å². The minimum atomic E-state index is -1.63. The second-order valence-electron chi connectivity index (χ2n) is 8.47. The zero-order valence-electron chi connectivity index (χ0n) is 16.6. The smallest absolute Gasteiger partial charge is 0.270 e. The van der Waals surface area contributed by atoms with Crippen molar-refractivity contribution >= 4 is 6.08 Å². The molecule has 0 aromatic heterocycles. The molecule has 1 aromatic carbocycles. The van der Waals surface area contributed by atoms with Crippen LogP contribution in [0.1, 0.15) is 88.2 Å². The average molecular weight is 377 g/mol. The van der Waals surface area contributed by atoms with Crippen LogP contribution in [0.5, 0.6) is 0 Å². The predicted molar refractivity (Wildman–Crippen MR) is 108 cm³/mol. The lowest BCUT2D eigenvalue weighted by Gasteiger charge is -2.38. The van der Waals surface area contributed by atoms with Crippen LogP contribution in [0.15, 0.2) is 30.3 Å². The van der Waals surface area contributed by atoms with Crippen molar-refractivity contribution in [3.8, 4) is 0 Å². The normalized spacial score (nSPS) is 28.7. The molecule has 1 nitrogen and oxygen atoms in total. The summed E-state index contributed by atoms with van der Waals surface area (Å²) in [6.07, 6.45) is 12.5. The van der Waals surface area contributed by atoms with Crippen molar-refractivity contribution in [3.05, 3.63) is 41.5 Å². The van der Waals surface area contributed by atoms with E-state index in [0.29, 0.717) is 17.6 Å². The van der Waals surface area contributed by atoms with E-state index in [1.54, 1.807) is 0 Å². The van der Waals surface area contributed by atoms with E-state index in [0.717, 1.165) is 24.5 Å². The molecule has 0 atom stereocenters. The molecule has 0 aliphatic heterocycles. The Morgan fingerprint density at radius 3 is 2.07 bits per heavy atom. The van der Waals surface area contributed by atoms with Gasteiger partial charge in [-0.1, -0.05) is 37.6 Å². The molecule has 0 spiro atoms. The molecule has 3 rings (SSSR count). The van der Waals surface area contributed by atoms with Crippen LogP contribution in [-0.4, -0.2) is 12.7 Å². The van der Waals surface area contributed by atoms with Gasteiger partial charge < -0.3 is 4.74 Å². The number of halogens is 2.